The first-order chi connectivity index (χ1) is 8.68. The second-order valence-electron chi connectivity index (χ2n) is 4.87. The van der Waals surface area contributed by atoms with Crippen molar-refractivity contribution in [3.05, 3.63) is 0 Å². The summed E-state index contributed by atoms with van der Waals surface area (Å²) in [6, 6.07) is 0.931. The van der Waals surface area contributed by atoms with E-state index in [-0.39, 0.29) is 0 Å². The van der Waals surface area contributed by atoms with Gasteiger partial charge in [-0.2, -0.15) is 0 Å². The highest BCUT2D eigenvalue weighted by Crippen LogP contribution is 2.23. The van der Waals surface area contributed by atoms with E-state index in [1.807, 2.05) is 0 Å². The van der Waals surface area contributed by atoms with Crippen molar-refractivity contribution in [2.45, 2.75) is 78.2 Å². The van der Waals surface area contributed by atoms with Gasteiger partial charge in [-0.3, -0.25) is 0 Å². The largest absolute Gasteiger partial charge is 0.443 e. The number of unbranched alkanes of at least 4 members (excludes halogenated alkanes) is 5. The van der Waals surface area contributed by atoms with Gasteiger partial charge in [0.25, 0.3) is 0 Å². The minimum atomic E-state index is -2.39. The third-order valence-corrected chi connectivity index (χ3v) is 6.32. The Hall–Kier alpha value is 0.427. The molecule has 0 saturated carbocycles. The molecule has 0 N–H and O–H groups in total. The smallest absolute Gasteiger partial charge is 0.383 e. The molecule has 0 spiro atoms. The predicted molar refractivity (Wildman–Crippen MR) is 82.3 cm³/mol. The van der Waals surface area contributed by atoms with Crippen LogP contribution in [0.4, 0.5) is 0 Å². The zero-order valence-electron chi connectivity index (χ0n) is 12.5. The van der Waals surface area contributed by atoms with E-state index in [1.165, 1.54) is 32.1 Å². The van der Waals surface area contributed by atoms with Gasteiger partial charge in [-0.15, -0.1) is 0 Å². The van der Waals surface area contributed by atoms with Crippen molar-refractivity contribution in [1.82, 2.24) is 0 Å². The molecule has 0 aromatic rings. The average Bonchev–Trinajstić information content (AvgIpc) is 2.38. The van der Waals surface area contributed by atoms with Crippen LogP contribution in [0.5, 0.6) is 0 Å². The van der Waals surface area contributed by atoms with Crippen LogP contribution in [0.2, 0.25) is 6.04 Å². The molecule has 0 heterocycles. The summed E-state index contributed by atoms with van der Waals surface area (Å²) in [7, 11) is -2.39. The summed E-state index contributed by atoms with van der Waals surface area (Å²) in [5.74, 6) is 0. The lowest BCUT2D eigenvalue weighted by atomic mass is 10.1. The van der Waals surface area contributed by atoms with Gasteiger partial charge in [-0.05, 0) is 12.8 Å². The molecule has 2 nitrogen and oxygen atoms in total. The van der Waals surface area contributed by atoms with Gasteiger partial charge in [0.15, 0.2) is 0 Å². The van der Waals surface area contributed by atoms with Crippen LogP contribution in [-0.4, -0.2) is 21.1 Å². The van der Waals surface area contributed by atoms with Crippen molar-refractivity contribution in [2.24, 2.45) is 0 Å². The Morgan fingerprint density at radius 2 is 1.22 bits per heavy atom. The van der Waals surface area contributed by atoms with E-state index < -0.39 is 7.87 Å². The molecule has 0 radical (unpaired) electrons. The Bertz CT molecular complexity index is 171. The third kappa shape index (κ3) is 10.4. The molecular weight excluding hydrogens is 264 g/mol. The van der Waals surface area contributed by atoms with E-state index in [0.717, 1.165) is 38.5 Å². The molecule has 110 valence electrons. The Labute approximate surface area is 119 Å². The van der Waals surface area contributed by atoms with Crippen LogP contribution >= 0.6 is 11.1 Å². The fourth-order valence-electron chi connectivity index (χ4n) is 1.81. The van der Waals surface area contributed by atoms with Crippen molar-refractivity contribution in [2.75, 3.05) is 13.2 Å². The second kappa shape index (κ2) is 12.5. The number of rotatable bonds is 13. The van der Waals surface area contributed by atoms with Crippen molar-refractivity contribution in [3.63, 3.8) is 0 Å². The maximum atomic E-state index is 6.53. The standard InChI is InChI=1S/C14H31ClO2Si/c1-4-7-8-9-10-11-14-18(15,16-12-5-2)17-13-6-3/h4-14H2,1-3H3. The van der Waals surface area contributed by atoms with E-state index in [2.05, 4.69) is 20.8 Å². The van der Waals surface area contributed by atoms with Crippen molar-refractivity contribution in [1.29, 1.82) is 0 Å². The Morgan fingerprint density at radius 1 is 0.722 bits per heavy atom. The summed E-state index contributed by atoms with van der Waals surface area (Å²) >= 11 is 6.53. The number of hydrogen-bond donors (Lipinski definition) is 0. The summed E-state index contributed by atoms with van der Waals surface area (Å²) in [4.78, 5) is 0. The lowest BCUT2D eigenvalue weighted by Gasteiger charge is -2.23. The van der Waals surface area contributed by atoms with E-state index in [0.29, 0.717) is 0 Å². The van der Waals surface area contributed by atoms with E-state index in [9.17, 15) is 0 Å². The predicted octanol–water partition coefficient (Wildman–Crippen LogP) is 5.38. The Balaban J connectivity index is 3.77. The maximum Gasteiger partial charge on any atom is 0.443 e. The molecule has 0 saturated heterocycles. The van der Waals surface area contributed by atoms with Gasteiger partial charge >= 0.3 is 7.87 Å². The molecule has 0 unspecified atom stereocenters. The number of halogens is 1. The monoisotopic (exact) mass is 294 g/mol. The van der Waals surface area contributed by atoms with Gasteiger partial charge in [0.1, 0.15) is 0 Å². The van der Waals surface area contributed by atoms with Gasteiger partial charge in [0.05, 0.1) is 0 Å². The molecule has 0 atom stereocenters. The lowest BCUT2D eigenvalue weighted by molar-refractivity contribution is 0.185. The summed E-state index contributed by atoms with van der Waals surface area (Å²) in [6.45, 7) is 7.92. The molecule has 18 heavy (non-hydrogen) atoms. The summed E-state index contributed by atoms with van der Waals surface area (Å²) in [5.41, 5.74) is 0. The van der Waals surface area contributed by atoms with Crippen LogP contribution in [0.25, 0.3) is 0 Å². The molecule has 0 amide bonds. The first kappa shape index (κ1) is 18.4. The molecule has 0 aliphatic rings. The highest BCUT2D eigenvalue weighted by Gasteiger charge is 2.34. The first-order valence-electron chi connectivity index (χ1n) is 7.65. The average molecular weight is 295 g/mol. The van der Waals surface area contributed by atoms with Crippen molar-refractivity contribution >= 4 is 18.9 Å². The van der Waals surface area contributed by atoms with Crippen LogP contribution in [0.3, 0.4) is 0 Å². The molecule has 0 aromatic heterocycles. The minimum absolute atomic E-state index is 0.731. The highest BCUT2D eigenvalue weighted by atomic mass is 35.6. The normalized spacial score (nSPS) is 12.0. The second-order valence-corrected chi connectivity index (χ2v) is 9.00. The quantitative estimate of drug-likeness (QED) is 0.258. The van der Waals surface area contributed by atoms with E-state index in [1.54, 1.807) is 0 Å². The Kier molecular flexibility index (Phi) is 12.8. The molecule has 0 rings (SSSR count). The van der Waals surface area contributed by atoms with E-state index >= 15 is 0 Å². The van der Waals surface area contributed by atoms with Gasteiger partial charge in [-0.25, -0.2) is 0 Å². The van der Waals surface area contributed by atoms with Crippen LogP contribution in [0, 0.1) is 0 Å². The summed E-state index contributed by atoms with van der Waals surface area (Å²) in [6.07, 6.45) is 9.73. The highest BCUT2D eigenvalue weighted by molar-refractivity contribution is 7.12. The van der Waals surface area contributed by atoms with Crippen LogP contribution in [0.15, 0.2) is 0 Å². The zero-order chi connectivity index (χ0) is 13.7. The summed E-state index contributed by atoms with van der Waals surface area (Å²) < 4.78 is 11.6. The topological polar surface area (TPSA) is 18.5 Å². The maximum absolute atomic E-state index is 6.53. The minimum Gasteiger partial charge on any atom is -0.383 e. The van der Waals surface area contributed by atoms with Gasteiger partial charge in [-0.1, -0.05) is 70.4 Å². The summed E-state index contributed by atoms with van der Waals surface area (Å²) in [5, 5.41) is 0. The molecular formula is C14H31ClO2Si. The van der Waals surface area contributed by atoms with Gasteiger partial charge in [0, 0.05) is 19.3 Å². The van der Waals surface area contributed by atoms with Gasteiger partial charge in [0.2, 0.25) is 0 Å². The number of hydrogen-bond acceptors (Lipinski definition) is 2. The molecule has 0 aliphatic carbocycles. The molecule has 0 aliphatic heterocycles. The fourth-order valence-corrected chi connectivity index (χ4v) is 4.74. The van der Waals surface area contributed by atoms with Crippen LogP contribution in [0.1, 0.15) is 72.1 Å². The van der Waals surface area contributed by atoms with E-state index in [4.69, 9.17) is 19.9 Å². The first-order valence-corrected chi connectivity index (χ1v) is 10.7. The zero-order valence-corrected chi connectivity index (χ0v) is 14.2. The molecule has 0 aromatic carbocycles. The lowest BCUT2D eigenvalue weighted by Crippen LogP contribution is -2.36. The van der Waals surface area contributed by atoms with Crippen LogP contribution < -0.4 is 0 Å². The van der Waals surface area contributed by atoms with Crippen molar-refractivity contribution < 1.29 is 8.85 Å². The SMILES string of the molecule is CCCCCCCC[Si](Cl)(OCCC)OCCC. The Morgan fingerprint density at radius 3 is 1.72 bits per heavy atom. The molecule has 0 bridgehead atoms. The van der Waals surface area contributed by atoms with Crippen molar-refractivity contribution in [3.8, 4) is 0 Å². The fraction of sp³-hybridized carbons (Fsp3) is 1.00. The van der Waals surface area contributed by atoms with Gasteiger partial charge < -0.3 is 8.85 Å². The third-order valence-electron chi connectivity index (χ3n) is 2.87. The molecule has 0 fully saturated rings. The van der Waals surface area contributed by atoms with Crippen LogP contribution in [-0.2, 0) is 8.85 Å². The molecule has 4 heteroatoms.